The zero-order valence-electron chi connectivity index (χ0n) is 16.4. The van der Waals surface area contributed by atoms with Crippen molar-refractivity contribution in [1.82, 2.24) is 4.90 Å². The highest BCUT2D eigenvalue weighted by atomic mass is 16.5. The third-order valence-electron chi connectivity index (χ3n) is 6.99. The lowest BCUT2D eigenvalue weighted by molar-refractivity contribution is -0.148. The SMILES string of the molecule is CC(C)(C)c1ccc(OC(=O)CN2C(=O)[C@@H]3[C@H]4C=C[C@@H]([C@@H]5C[C@H]45)[C@@H]3C2=O)cc1. The molecule has 0 spiro atoms. The van der Waals surface area contributed by atoms with E-state index in [4.69, 9.17) is 4.74 Å². The topological polar surface area (TPSA) is 63.7 Å². The highest BCUT2D eigenvalue weighted by molar-refractivity contribution is 6.08. The largest absolute Gasteiger partial charge is 0.425 e. The van der Waals surface area contributed by atoms with E-state index in [1.165, 1.54) is 0 Å². The predicted octanol–water partition coefficient (Wildman–Crippen LogP) is 2.94. The van der Waals surface area contributed by atoms with Crippen molar-refractivity contribution in [2.45, 2.75) is 32.6 Å². The number of ether oxygens (including phenoxy) is 1. The normalized spacial score (nSPS) is 35.0. The molecule has 4 aliphatic carbocycles. The molecule has 2 bridgehead atoms. The number of benzene rings is 1. The van der Waals surface area contributed by atoms with Crippen LogP contribution >= 0.6 is 0 Å². The van der Waals surface area contributed by atoms with Crippen molar-refractivity contribution in [3.63, 3.8) is 0 Å². The number of imide groups is 1. The summed E-state index contributed by atoms with van der Waals surface area (Å²) in [6.07, 6.45) is 5.38. The first-order valence-corrected chi connectivity index (χ1v) is 10.1. The number of carbonyl (C=O) groups is 3. The number of rotatable bonds is 3. The Labute approximate surface area is 164 Å². The molecule has 5 nitrogen and oxygen atoms in total. The lowest BCUT2D eigenvalue weighted by Gasteiger charge is -2.37. The van der Waals surface area contributed by atoms with Crippen LogP contribution in [0.2, 0.25) is 0 Å². The van der Waals surface area contributed by atoms with Crippen LogP contribution in [0.4, 0.5) is 0 Å². The number of amides is 2. The van der Waals surface area contributed by atoms with Gasteiger partial charge in [-0.25, -0.2) is 4.79 Å². The molecule has 146 valence electrons. The summed E-state index contributed by atoms with van der Waals surface area (Å²) in [4.78, 5) is 39.4. The van der Waals surface area contributed by atoms with Crippen LogP contribution in [-0.2, 0) is 19.8 Å². The number of allylic oxidation sites excluding steroid dienone is 2. The minimum Gasteiger partial charge on any atom is -0.425 e. The lowest BCUT2D eigenvalue weighted by Crippen LogP contribution is -2.40. The number of esters is 1. The van der Waals surface area contributed by atoms with Crippen LogP contribution in [0.1, 0.15) is 32.8 Å². The Hall–Kier alpha value is -2.43. The number of carbonyl (C=O) groups excluding carboxylic acids is 3. The summed E-state index contributed by atoms with van der Waals surface area (Å²) >= 11 is 0. The minimum atomic E-state index is -0.575. The van der Waals surface area contributed by atoms with Gasteiger partial charge in [-0.1, -0.05) is 45.1 Å². The van der Waals surface area contributed by atoms with Gasteiger partial charge in [-0.15, -0.1) is 0 Å². The van der Waals surface area contributed by atoms with Crippen LogP contribution in [-0.4, -0.2) is 29.2 Å². The van der Waals surface area contributed by atoms with Crippen LogP contribution in [0.3, 0.4) is 0 Å². The molecule has 3 fully saturated rings. The minimum absolute atomic E-state index is 0.0152. The molecule has 1 heterocycles. The summed E-state index contributed by atoms with van der Waals surface area (Å²) in [6.45, 7) is 6.04. The fraction of sp³-hybridized carbons (Fsp3) is 0.522. The fourth-order valence-electron chi connectivity index (χ4n) is 5.49. The molecule has 28 heavy (non-hydrogen) atoms. The van der Waals surface area contributed by atoms with E-state index in [0.29, 0.717) is 17.6 Å². The third-order valence-corrected chi connectivity index (χ3v) is 6.99. The Morgan fingerprint density at radius 2 is 1.54 bits per heavy atom. The first kappa shape index (κ1) is 17.7. The summed E-state index contributed by atoms with van der Waals surface area (Å²) in [5.74, 6) is 0.369. The van der Waals surface area contributed by atoms with Crippen molar-refractivity contribution in [3.8, 4) is 5.75 Å². The molecule has 5 aliphatic rings. The Kier molecular flexibility index (Phi) is 3.65. The van der Waals surface area contributed by atoms with Crippen molar-refractivity contribution in [3.05, 3.63) is 42.0 Å². The highest BCUT2D eigenvalue weighted by Gasteiger charge is 2.67. The summed E-state index contributed by atoms with van der Waals surface area (Å²) in [6, 6.07) is 7.37. The summed E-state index contributed by atoms with van der Waals surface area (Å²) < 4.78 is 5.39. The van der Waals surface area contributed by atoms with E-state index in [1.54, 1.807) is 12.1 Å². The lowest BCUT2D eigenvalue weighted by atomic mass is 9.63. The van der Waals surface area contributed by atoms with E-state index in [9.17, 15) is 14.4 Å². The molecule has 2 amide bonds. The molecular weight excluding hydrogens is 354 g/mol. The van der Waals surface area contributed by atoms with Gasteiger partial charge in [0.2, 0.25) is 11.8 Å². The average molecular weight is 379 g/mol. The van der Waals surface area contributed by atoms with Gasteiger partial charge in [0.05, 0.1) is 11.8 Å². The van der Waals surface area contributed by atoms with Gasteiger partial charge >= 0.3 is 5.97 Å². The van der Waals surface area contributed by atoms with E-state index in [1.807, 2.05) is 12.1 Å². The maximum absolute atomic E-state index is 12.9. The number of nitrogens with zero attached hydrogens (tertiary/aromatic N) is 1. The fourth-order valence-corrected chi connectivity index (χ4v) is 5.49. The van der Waals surface area contributed by atoms with E-state index in [0.717, 1.165) is 16.9 Å². The zero-order chi connectivity index (χ0) is 19.8. The molecule has 1 saturated heterocycles. The molecule has 1 aliphatic heterocycles. The van der Waals surface area contributed by atoms with Crippen LogP contribution in [0.25, 0.3) is 0 Å². The van der Waals surface area contributed by atoms with Crippen molar-refractivity contribution in [1.29, 1.82) is 0 Å². The molecular formula is C23H25NO4. The second-order valence-corrected chi connectivity index (χ2v) is 9.67. The Morgan fingerprint density at radius 3 is 2.04 bits per heavy atom. The van der Waals surface area contributed by atoms with Gasteiger partial charge < -0.3 is 4.74 Å². The summed E-state index contributed by atoms with van der Waals surface area (Å²) in [5, 5.41) is 0. The van der Waals surface area contributed by atoms with E-state index < -0.39 is 5.97 Å². The van der Waals surface area contributed by atoms with Crippen LogP contribution in [0, 0.1) is 35.5 Å². The average Bonchev–Trinajstić information content (AvgIpc) is 3.43. The Bertz CT molecular complexity index is 858. The first-order chi connectivity index (χ1) is 13.3. The van der Waals surface area contributed by atoms with E-state index in [-0.39, 0.29) is 47.4 Å². The Morgan fingerprint density at radius 1 is 1.00 bits per heavy atom. The second-order valence-electron chi connectivity index (χ2n) is 9.67. The van der Waals surface area contributed by atoms with Gasteiger partial charge in [-0.2, -0.15) is 0 Å². The maximum atomic E-state index is 12.9. The van der Waals surface area contributed by atoms with Crippen LogP contribution < -0.4 is 4.74 Å². The van der Waals surface area contributed by atoms with E-state index in [2.05, 4.69) is 32.9 Å². The quantitative estimate of drug-likeness (QED) is 0.351. The molecule has 0 aromatic heterocycles. The number of hydrogen-bond donors (Lipinski definition) is 0. The van der Waals surface area contributed by atoms with Crippen molar-refractivity contribution in [2.24, 2.45) is 35.5 Å². The van der Waals surface area contributed by atoms with Gasteiger partial charge in [0.25, 0.3) is 0 Å². The molecule has 0 radical (unpaired) electrons. The molecule has 1 aromatic carbocycles. The van der Waals surface area contributed by atoms with Crippen molar-refractivity contribution in [2.75, 3.05) is 6.54 Å². The summed E-state index contributed by atoms with van der Waals surface area (Å²) in [5.41, 5.74) is 1.16. The standard InChI is InChI=1S/C23H25NO4/c1-23(2,3)12-4-6-13(7-5-12)28-18(25)11-24-21(26)19-14-8-9-15(17-10-16(14)17)20(19)22(24)27/h4-9,14-17,19-20H,10-11H2,1-3H3/t14-,15-,16-,17+,19-,20+/m0/s1. The molecule has 6 atom stereocenters. The predicted molar refractivity (Wildman–Crippen MR) is 102 cm³/mol. The van der Waals surface area contributed by atoms with Crippen molar-refractivity contribution >= 4 is 17.8 Å². The van der Waals surface area contributed by atoms with E-state index >= 15 is 0 Å². The first-order valence-electron chi connectivity index (χ1n) is 10.1. The Balaban J connectivity index is 1.27. The highest BCUT2D eigenvalue weighted by Crippen LogP contribution is 2.65. The molecule has 1 aromatic rings. The van der Waals surface area contributed by atoms with Crippen LogP contribution in [0.15, 0.2) is 36.4 Å². The zero-order valence-corrected chi connectivity index (χ0v) is 16.4. The molecule has 2 saturated carbocycles. The summed E-state index contributed by atoms with van der Waals surface area (Å²) in [7, 11) is 0. The molecule has 0 unspecified atom stereocenters. The third kappa shape index (κ3) is 2.55. The smallest absolute Gasteiger partial charge is 0.331 e. The molecule has 5 heteroatoms. The van der Waals surface area contributed by atoms with Gasteiger partial charge in [-0.05, 0) is 53.2 Å². The maximum Gasteiger partial charge on any atom is 0.331 e. The molecule has 6 rings (SSSR count). The molecule has 0 N–H and O–H groups in total. The van der Waals surface area contributed by atoms with Crippen molar-refractivity contribution < 1.29 is 19.1 Å². The van der Waals surface area contributed by atoms with Gasteiger partial charge in [-0.3, -0.25) is 14.5 Å². The monoisotopic (exact) mass is 379 g/mol. The van der Waals surface area contributed by atoms with Crippen LogP contribution in [0.5, 0.6) is 5.75 Å². The van der Waals surface area contributed by atoms with Gasteiger partial charge in [0, 0.05) is 0 Å². The van der Waals surface area contributed by atoms with Gasteiger partial charge in [0.1, 0.15) is 12.3 Å². The number of hydrogen-bond acceptors (Lipinski definition) is 4. The number of likely N-dealkylation sites (tertiary alicyclic amines) is 1. The second kappa shape index (κ2) is 5.79. The van der Waals surface area contributed by atoms with Gasteiger partial charge in [0.15, 0.2) is 0 Å².